The summed E-state index contributed by atoms with van der Waals surface area (Å²) >= 11 is 0. The van der Waals surface area contributed by atoms with Crippen molar-refractivity contribution in [2.45, 2.75) is 37.3 Å². The minimum atomic E-state index is -2.98. The summed E-state index contributed by atoms with van der Waals surface area (Å²) in [5, 5.41) is 12.8. The van der Waals surface area contributed by atoms with Gasteiger partial charge >= 0.3 is 12.6 Å². The van der Waals surface area contributed by atoms with Gasteiger partial charge in [0.2, 0.25) is 0 Å². The quantitative estimate of drug-likeness (QED) is 0.574. The predicted molar refractivity (Wildman–Crippen MR) is 118 cm³/mol. The van der Waals surface area contributed by atoms with Crippen molar-refractivity contribution in [3.05, 3.63) is 53.3 Å². The van der Waals surface area contributed by atoms with Crippen LogP contribution in [0.3, 0.4) is 0 Å². The number of carboxylic acids is 1. The average molecular weight is 475 g/mol. The number of ether oxygens (including phenoxy) is 2. The van der Waals surface area contributed by atoms with Crippen molar-refractivity contribution in [2.24, 2.45) is 5.92 Å². The molecule has 1 saturated heterocycles. The molecule has 182 valence electrons. The van der Waals surface area contributed by atoms with Gasteiger partial charge in [0.15, 0.2) is 17.0 Å². The lowest BCUT2D eigenvalue weighted by Crippen LogP contribution is -2.46. The number of amides is 1. The summed E-state index contributed by atoms with van der Waals surface area (Å²) < 4.78 is 36.1. The van der Waals surface area contributed by atoms with Crippen LogP contribution in [0.5, 0.6) is 11.5 Å². The second-order valence-corrected chi connectivity index (χ2v) is 8.77. The van der Waals surface area contributed by atoms with Gasteiger partial charge in [0.25, 0.3) is 5.91 Å². The Morgan fingerprint density at radius 1 is 1.26 bits per heavy atom. The van der Waals surface area contributed by atoms with Crippen LogP contribution >= 0.6 is 0 Å². The Labute approximate surface area is 195 Å². The molecule has 10 heteroatoms. The van der Waals surface area contributed by atoms with Crippen molar-refractivity contribution in [1.29, 1.82) is 0 Å². The van der Waals surface area contributed by atoms with E-state index in [2.05, 4.69) is 15.0 Å². The molecule has 1 amide bonds. The standard InChI is InChI=1S/C24H27F2N3O5/c1-27-21(30)17-4-3-5-20(28-17)24(22(31)32)11-16(12-29(24)2)15-8-9-18(34-23(25)26)19(10-15)33-13-14-6-7-14/h3-5,8-10,14,16,23H,6-7,11-13H2,1-2H3,(H,27,30)(H,31,32)/t16-,24-/m1/s1. The Balaban J connectivity index is 1.66. The number of nitrogens with one attached hydrogen (secondary N) is 1. The second-order valence-electron chi connectivity index (χ2n) is 8.77. The molecule has 0 spiro atoms. The molecule has 1 aliphatic heterocycles. The number of carbonyl (C=O) groups is 2. The molecule has 2 heterocycles. The molecule has 2 atom stereocenters. The van der Waals surface area contributed by atoms with E-state index in [1.165, 1.54) is 19.2 Å². The van der Waals surface area contributed by atoms with E-state index >= 15 is 0 Å². The van der Waals surface area contributed by atoms with E-state index in [1.54, 1.807) is 36.2 Å². The molecule has 0 radical (unpaired) electrons. The van der Waals surface area contributed by atoms with Gasteiger partial charge in [-0.05, 0) is 68.0 Å². The van der Waals surface area contributed by atoms with Crippen molar-refractivity contribution in [3.8, 4) is 11.5 Å². The fourth-order valence-corrected chi connectivity index (χ4v) is 4.44. The normalized spacial score (nSPS) is 22.6. The highest BCUT2D eigenvalue weighted by Crippen LogP contribution is 2.46. The van der Waals surface area contributed by atoms with E-state index in [4.69, 9.17) is 4.74 Å². The number of pyridine rings is 1. The highest BCUT2D eigenvalue weighted by molar-refractivity contribution is 5.92. The van der Waals surface area contributed by atoms with Crippen molar-refractivity contribution in [2.75, 3.05) is 27.2 Å². The van der Waals surface area contributed by atoms with Crippen molar-refractivity contribution < 1.29 is 33.0 Å². The number of benzene rings is 1. The maximum atomic E-state index is 12.9. The van der Waals surface area contributed by atoms with E-state index < -0.39 is 24.0 Å². The molecule has 2 N–H and O–H groups in total. The van der Waals surface area contributed by atoms with Gasteiger partial charge in [-0.3, -0.25) is 9.69 Å². The van der Waals surface area contributed by atoms with Gasteiger partial charge in [0, 0.05) is 13.6 Å². The van der Waals surface area contributed by atoms with Crippen LogP contribution in [0, 0.1) is 5.92 Å². The van der Waals surface area contributed by atoms with Gasteiger partial charge in [0.1, 0.15) is 5.69 Å². The highest BCUT2D eigenvalue weighted by atomic mass is 19.3. The average Bonchev–Trinajstić information content (AvgIpc) is 3.58. The van der Waals surface area contributed by atoms with Gasteiger partial charge in [-0.25, -0.2) is 9.78 Å². The van der Waals surface area contributed by atoms with Crippen molar-refractivity contribution in [1.82, 2.24) is 15.2 Å². The number of carbonyl (C=O) groups excluding carboxylic acids is 1. The zero-order valence-electron chi connectivity index (χ0n) is 19.0. The van der Waals surface area contributed by atoms with Crippen LogP contribution in [0.1, 0.15) is 46.9 Å². The number of likely N-dealkylation sites (N-methyl/N-ethyl adjacent to an activating group) is 1. The summed E-state index contributed by atoms with van der Waals surface area (Å²) in [6, 6.07) is 9.49. The number of hydrogen-bond donors (Lipinski definition) is 2. The molecule has 2 aromatic rings. The molecule has 1 saturated carbocycles. The number of alkyl halides is 2. The first-order valence-corrected chi connectivity index (χ1v) is 11.1. The lowest BCUT2D eigenvalue weighted by atomic mass is 9.85. The summed E-state index contributed by atoms with van der Waals surface area (Å²) in [5.74, 6) is -1.14. The zero-order valence-corrected chi connectivity index (χ0v) is 19.0. The monoisotopic (exact) mass is 475 g/mol. The number of halogens is 2. The summed E-state index contributed by atoms with van der Waals surface area (Å²) in [7, 11) is 3.17. The minimum Gasteiger partial charge on any atom is -0.489 e. The van der Waals surface area contributed by atoms with Gasteiger partial charge in [-0.2, -0.15) is 8.78 Å². The van der Waals surface area contributed by atoms with E-state index in [9.17, 15) is 23.5 Å². The van der Waals surface area contributed by atoms with Gasteiger partial charge in [-0.15, -0.1) is 0 Å². The van der Waals surface area contributed by atoms with Crippen LogP contribution < -0.4 is 14.8 Å². The maximum Gasteiger partial charge on any atom is 0.387 e. The first kappa shape index (κ1) is 23.9. The third-order valence-electron chi connectivity index (χ3n) is 6.50. The summed E-state index contributed by atoms with van der Waals surface area (Å²) in [6.07, 6.45) is 2.27. The Morgan fingerprint density at radius 3 is 2.68 bits per heavy atom. The molecule has 4 rings (SSSR count). The molecule has 34 heavy (non-hydrogen) atoms. The van der Waals surface area contributed by atoms with Gasteiger partial charge in [0.05, 0.1) is 12.3 Å². The molecule has 1 aromatic heterocycles. The smallest absolute Gasteiger partial charge is 0.387 e. The first-order valence-electron chi connectivity index (χ1n) is 11.1. The Kier molecular flexibility index (Phi) is 6.70. The van der Waals surface area contributed by atoms with Crippen LogP contribution in [-0.4, -0.2) is 60.7 Å². The largest absolute Gasteiger partial charge is 0.489 e. The third-order valence-corrected chi connectivity index (χ3v) is 6.50. The van der Waals surface area contributed by atoms with Crippen molar-refractivity contribution >= 4 is 11.9 Å². The number of carboxylic acid groups (broad SMARTS) is 1. The predicted octanol–water partition coefficient (Wildman–Crippen LogP) is 3.23. The lowest BCUT2D eigenvalue weighted by molar-refractivity contribution is -0.149. The molecule has 0 bridgehead atoms. The van der Waals surface area contributed by atoms with Crippen LogP contribution in [0.4, 0.5) is 8.78 Å². The molecule has 1 aromatic carbocycles. The maximum absolute atomic E-state index is 12.9. The topological polar surface area (TPSA) is 101 Å². The number of aliphatic carboxylic acids is 1. The lowest BCUT2D eigenvalue weighted by Gasteiger charge is -2.31. The molecule has 2 aliphatic rings. The fourth-order valence-electron chi connectivity index (χ4n) is 4.44. The second kappa shape index (κ2) is 9.54. The SMILES string of the molecule is CNC(=O)c1cccc([C@@]2(C(=O)O)C[C@@H](c3ccc(OC(F)F)c(OCC4CC4)c3)CN2C)n1. The van der Waals surface area contributed by atoms with Crippen molar-refractivity contribution in [3.63, 3.8) is 0 Å². The molecule has 8 nitrogen and oxygen atoms in total. The van der Waals surface area contributed by atoms with Gasteiger partial charge < -0.3 is 19.9 Å². The van der Waals surface area contributed by atoms with Crippen LogP contribution in [0.25, 0.3) is 0 Å². The highest BCUT2D eigenvalue weighted by Gasteiger charge is 2.52. The van der Waals surface area contributed by atoms with E-state index in [0.29, 0.717) is 19.1 Å². The Bertz CT molecular complexity index is 1080. The molecular weight excluding hydrogens is 448 g/mol. The number of aromatic nitrogens is 1. The third kappa shape index (κ3) is 4.68. The molecular formula is C24H27F2N3O5. The van der Waals surface area contributed by atoms with Crippen LogP contribution in [-0.2, 0) is 10.3 Å². The van der Waals surface area contributed by atoms with E-state index in [1.807, 2.05) is 0 Å². The van der Waals surface area contributed by atoms with E-state index in [0.717, 1.165) is 18.4 Å². The Hall–Kier alpha value is -3.27. The molecule has 1 aliphatic carbocycles. The number of nitrogens with zero attached hydrogens (tertiary/aromatic N) is 2. The van der Waals surface area contributed by atoms with Crippen LogP contribution in [0.15, 0.2) is 36.4 Å². The van der Waals surface area contributed by atoms with Crippen LogP contribution in [0.2, 0.25) is 0 Å². The number of rotatable bonds is 9. The fraction of sp³-hybridized carbons (Fsp3) is 0.458. The summed E-state index contributed by atoms with van der Waals surface area (Å²) in [5.41, 5.74) is -0.317. The van der Waals surface area contributed by atoms with Gasteiger partial charge in [-0.1, -0.05) is 12.1 Å². The zero-order chi connectivity index (χ0) is 24.5. The summed E-state index contributed by atoms with van der Waals surface area (Å²) in [4.78, 5) is 30.7. The summed E-state index contributed by atoms with van der Waals surface area (Å²) in [6.45, 7) is -2.18. The number of hydrogen-bond acceptors (Lipinski definition) is 6. The Morgan fingerprint density at radius 2 is 2.03 bits per heavy atom. The van der Waals surface area contributed by atoms with E-state index in [-0.39, 0.29) is 35.2 Å². The molecule has 2 fully saturated rings. The minimum absolute atomic E-state index is 0.0461. The molecule has 0 unspecified atom stereocenters. The number of likely N-dealkylation sites (tertiary alicyclic amines) is 1. The first-order chi connectivity index (χ1) is 16.2.